The monoisotopic (exact) mass is 447 g/mol. The molecule has 1 aromatic heterocycles. The van der Waals surface area contributed by atoms with Gasteiger partial charge in [-0.1, -0.05) is 36.4 Å². The van der Waals surface area contributed by atoms with E-state index < -0.39 is 25.4 Å². The lowest BCUT2D eigenvalue weighted by Crippen LogP contribution is -2.30. The number of nitrogens with zero attached hydrogens (tertiary/aromatic N) is 2. The lowest BCUT2D eigenvalue weighted by atomic mass is 10.0. The second-order valence-corrected chi connectivity index (χ2v) is 8.89. The predicted octanol–water partition coefficient (Wildman–Crippen LogP) is 3.44. The highest BCUT2D eigenvalue weighted by Gasteiger charge is 2.25. The first kappa shape index (κ1) is 22.8. The number of benzene rings is 2. The van der Waals surface area contributed by atoms with Gasteiger partial charge < -0.3 is 19.9 Å². The topological polar surface area (TPSA) is 127 Å². The van der Waals surface area contributed by atoms with Gasteiger partial charge in [0.1, 0.15) is 11.6 Å². The maximum atomic E-state index is 13.4. The van der Waals surface area contributed by atoms with Gasteiger partial charge in [-0.2, -0.15) is 0 Å². The highest BCUT2D eigenvalue weighted by Crippen LogP contribution is 2.39. The molecule has 0 aliphatic carbocycles. The molecule has 8 nitrogen and oxygen atoms in total. The Morgan fingerprint density at radius 1 is 1.06 bits per heavy atom. The van der Waals surface area contributed by atoms with Crippen LogP contribution >= 0.6 is 7.60 Å². The highest BCUT2D eigenvalue weighted by atomic mass is 31.2. The normalized spacial score (nSPS) is 12.8. The van der Waals surface area contributed by atoms with Gasteiger partial charge in [0.05, 0.1) is 19.1 Å². The minimum Gasteiger partial charge on any atom is -0.481 e. The molecule has 0 radical (unpaired) electrons. The van der Waals surface area contributed by atoms with Gasteiger partial charge in [0, 0.05) is 25.0 Å². The van der Waals surface area contributed by atoms with Gasteiger partial charge in [0.25, 0.3) is 0 Å². The quantitative estimate of drug-likeness (QED) is 0.351. The van der Waals surface area contributed by atoms with Gasteiger partial charge in [0.15, 0.2) is 0 Å². The van der Waals surface area contributed by atoms with Crippen LogP contribution in [0.15, 0.2) is 60.9 Å². The third-order valence-electron chi connectivity index (χ3n) is 4.77. The average molecular weight is 447 g/mol. The van der Waals surface area contributed by atoms with Crippen molar-refractivity contribution in [3.05, 3.63) is 89.3 Å². The number of imidazole rings is 1. The minimum absolute atomic E-state index is 0.192. The van der Waals surface area contributed by atoms with Crippen LogP contribution in [0.1, 0.15) is 35.0 Å². The molecule has 0 fully saturated rings. The Morgan fingerprint density at radius 2 is 1.71 bits per heavy atom. The molecule has 0 spiro atoms. The van der Waals surface area contributed by atoms with Crippen molar-refractivity contribution < 1.29 is 28.6 Å². The molecular weight excluding hydrogens is 424 g/mol. The van der Waals surface area contributed by atoms with Gasteiger partial charge >= 0.3 is 13.6 Å². The van der Waals surface area contributed by atoms with Crippen molar-refractivity contribution in [1.82, 2.24) is 14.9 Å². The summed E-state index contributed by atoms with van der Waals surface area (Å²) in [5.74, 6) is -0.748. The number of H-pyrrole nitrogens is 1. The number of aromatic nitrogens is 2. The summed E-state index contributed by atoms with van der Waals surface area (Å²) in [6.07, 6.45) is 2.74. The van der Waals surface area contributed by atoms with Crippen LogP contribution in [0.4, 0.5) is 4.39 Å². The second kappa shape index (κ2) is 9.98. The van der Waals surface area contributed by atoms with Crippen molar-refractivity contribution in [3.63, 3.8) is 0 Å². The number of halogens is 1. The molecule has 3 rings (SSSR count). The third kappa shape index (κ3) is 7.11. The summed E-state index contributed by atoms with van der Waals surface area (Å²) in [5.41, 5.74) is 2.00. The molecule has 0 saturated carbocycles. The van der Waals surface area contributed by atoms with Crippen LogP contribution in [-0.4, -0.2) is 35.7 Å². The van der Waals surface area contributed by atoms with E-state index in [0.717, 1.165) is 5.56 Å². The van der Waals surface area contributed by atoms with Crippen molar-refractivity contribution in [2.75, 3.05) is 0 Å². The molecule has 3 aromatic rings. The van der Waals surface area contributed by atoms with Gasteiger partial charge in [-0.05, 0) is 28.8 Å². The van der Waals surface area contributed by atoms with Gasteiger partial charge in [-0.3, -0.25) is 14.3 Å². The fourth-order valence-corrected chi connectivity index (χ4v) is 4.07. The zero-order chi connectivity index (χ0) is 22.4. The number of rotatable bonds is 10. The zero-order valence-electron chi connectivity index (χ0n) is 16.6. The number of aromatic amines is 1. The van der Waals surface area contributed by atoms with Crippen LogP contribution in [0.25, 0.3) is 0 Å². The number of hydrogen-bond donors (Lipinski definition) is 4. The van der Waals surface area contributed by atoms with E-state index in [1.165, 1.54) is 12.1 Å². The Bertz CT molecular complexity index is 1040. The van der Waals surface area contributed by atoms with E-state index in [0.29, 0.717) is 30.0 Å². The Balaban J connectivity index is 1.89. The van der Waals surface area contributed by atoms with Crippen molar-refractivity contribution in [2.45, 2.75) is 31.7 Å². The molecule has 2 aromatic carbocycles. The summed E-state index contributed by atoms with van der Waals surface area (Å²) in [4.78, 5) is 39.0. The molecule has 0 aliphatic rings. The summed E-state index contributed by atoms with van der Waals surface area (Å²) in [7, 11) is -4.16. The van der Waals surface area contributed by atoms with Crippen molar-refractivity contribution in [2.24, 2.45) is 0 Å². The van der Waals surface area contributed by atoms with E-state index >= 15 is 0 Å². The van der Waals surface area contributed by atoms with E-state index in [4.69, 9.17) is 9.79 Å². The van der Waals surface area contributed by atoms with Crippen LogP contribution in [-0.2, 0) is 28.6 Å². The Labute approximate surface area is 178 Å². The van der Waals surface area contributed by atoms with Crippen molar-refractivity contribution in [3.8, 4) is 0 Å². The molecule has 4 N–H and O–H groups in total. The number of carboxylic acids is 1. The standard InChI is InChI=1S/C21H23FN3O5P/c22-18-7-5-17(6-8-18)19(11-21(26)27)25(13-20-23-9-10-24-20)12-15-1-3-16(4-2-15)14-31(28,29)30/h1-10,19H,11-14H2,(H,23,24)(H,26,27)(H2,28,29,30). The Hall–Kier alpha value is -2.84. The summed E-state index contributed by atoms with van der Waals surface area (Å²) in [6.45, 7) is 0.679. The molecule has 164 valence electrons. The van der Waals surface area contributed by atoms with Crippen LogP contribution < -0.4 is 0 Å². The van der Waals surface area contributed by atoms with Crippen LogP contribution in [0.5, 0.6) is 0 Å². The maximum absolute atomic E-state index is 13.4. The number of carboxylic acid groups (broad SMARTS) is 1. The summed E-state index contributed by atoms with van der Waals surface area (Å²) in [5, 5.41) is 9.49. The highest BCUT2D eigenvalue weighted by molar-refractivity contribution is 7.50. The van der Waals surface area contributed by atoms with E-state index in [2.05, 4.69) is 9.97 Å². The van der Waals surface area contributed by atoms with Crippen LogP contribution in [0.2, 0.25) is 0 Å². The van der Waals surface area contributed by atoms with E-state index in [1.807, 2.05) is 4.90 Å². The molecule has 0 saturated heterocycles. The van der Waals surface area contributed by atoms with Crippen molar-refractivity contribution >= 4 is 13.6 Å². The number of hydrogen-bond acceptors (Lipinski definition) is 4. The molecule has 0 aliphatic heterocycles. The van der Waals surface area contributed by atoms with E-state index in [-0.39, 0.29) is 12.6 Å². The first-order valence-corrected chi connectivity index (χ1v) is 11.3. The molecule has 1 atom stereocenters. The van der Waals surface area contributed by atoms with E-state index in [9.17, 15) is 18.9 Å². The lowest BCUT2D eigenvalue weighted by Gasteiger charge is -2.31. The largest absolute Gasteiger partial charge is 0.481 e. The first-order valence-electron chi connectivity index (χ1n) is 9.51. The number of carbonyl (C=O) groups is 1. The van der Waals surface area contributed by atoms with Crippen LogP contribution in [0.3, 0.4) is 0 Å². The maximum Gasteiger partial charge on any atom is 0.329 e. The fraction of sp³-hybridized carbons (Fsp3) is 0.238. The Kier molecular flexibility index (Phi) is 7.35. The number of nitrogens with one attached hydrogen (secondary N) is 1. The smallest absolute Gasteiger partial charge is 0.329 e. The fourth-order valence-electron chi connectivity index (χ4n) is 3.38. The first-order chi connectivity index (χ1) is 14.7. The summed E-state index contributed by atoms with van der Waals surface area (Å²) < 4.78 is 24.6. The summed E-state index contributed by atoms with van der Waals surface area (Å²) >= 11 is 0. The minimum atomic E-state index is -4.16. The second-order valence-electron chi connectivity index (χ2n) is 7.25. The zero-order valence-corrected chi connectivity index (χ0v) is 17.5. The van der Waals surface area contributed by atoms with E-state index in [1.54, 1.807) is 48.8 Å². The Morgan fingerprint density at radius 3 is 2.26 bits per heavy atom. The summed E-state index contributed by atoms with van der Waals surface area (Å²) in [6, 6.07) is 12.0. The van der Waals surface area contributed by atoms with Crippen LogP contribution in [0, 0.1) is 5.82 Å². The molecule has 1 unspecified atom stereocenters. The van der Waals surface area contributed by atoms with Gasteiger partial charge in [-0.25, -0.2) is 9.37 Å². The van der Waals surface area contributed by atoms with Gasteiger partial charge in [0.2, 0.25) is 0 Å². The molecule has 1 heterocycles. The molecule has 0 bridgehead atoms. The predicted molar refractivity (Wildman–Crippen MR) is 111 cm³/mol. The number of aliphatic carboxylic acids is 1. The SMILES string of the molecule is O=C(O)CC(c1ccc(F)cc1)N(Cc1ccc(CP(=O)(O)O)cc1)Cc1ncc[nH]1. The van der Waals surface area contributed by atoms with Gasteiger partial charge in [-0.15, -0.1) is 0 Å². The third-order valence-corrected chi connectivity index (χ3v) is 5.55. The molecular formula is C21H23FN3O5P. The molecule has 0 amide bonds. The lowest BCUT2D eigenvalue weighted by molar-refractivity contribution is -0.138. The molecule has 10 heteroatoms. The molecule has 31 heavy (non-hydrogen) atoms. The average Bonchev–Trinajstić information content (AvgIpc) is 3.20. The van der Waals surface area contributed by atoms with Crippen molar-refractivity contribution in [1.29, 1.82) is 0 Å².